The van der Waals surface area contributed by atoms with Gasteiger partial charge in [0.05, 0.1) is 22.2 Å². The number of nitrogens with one attached hydrogen (secondary N) is 1. The van der Waals surface area contributed by atoms with Gasteiger partial charge in [-0.2, -0.15) is 0 Å². The van der Waals surface area contributed by atoms with Gasteiger partial charge in [0, 0.05) is 6.20 Å². The van der Waals surface area contributed by atoms with Crippen molar-refractivity contribution in [2.45, 2.75) is 33.1 Å². The molecule has 0 aliphatic heterocycles. The van der Waals surface area contributed by atoms with E-state index in [2.05, 4.69) is 17.2 Å². The van der Waals surface area contributed by atoms with Crippen molar-refractivity contribution in [2.24, 2.45) is 0 Å². The molecule has 2 rings (SSSR count). The largest absolute Gasteiger partial charge is 0.494 e. The third-order valence-electron chi connectivity index (χ3n) is 3.90. The highest BCUT2D eigenvalue weighted by molar-refractivity contribution is 6.37. The van der Waals surface area contributed by atoms with E-state index in [1.165, 1.54) is 6.20 Å². The summed E-state index contributed by atoms with van der Waals surface area (Å²) in [6.45, 7) is 4.01. The van der Waals surface area contributed by atoms with Crippen molar-refractivity contribution >= 4 is 40.9 Å². The Bertz CT molecular complexity index is 826. The number of nitrogens with zero attached hydrogens (tertiary/aromatic N) is 1. The Morgan fingerprint density at radius 1 is 1.14 bits per heavy atom. The number of carbonyl (C=O) groups excluding carboxylic acids is 2. The lowest BCUT2D eigenvalue weighted by atomic mass is 10.2. The lowest BCUT2D eigenvalue weighted by molar-refractivity contribution is -0.119. The fraction of sp³-hybridized carbons (Fsp3) is 0.350. The third kappa shape index (κ3) is 6.39. The number of halogens is 2. The maximum absolute atomic E-state index is 12.1. The lowest BCUT2D eigenvalue weighted by Crippen LogP contribution is -2.21. The topological polar surface area (TPSA) is 77.5 Å². The fourth-order valence-corrected chi connectivity index (χ4v) is 2.65. The third-order valence-corrected chi connectivity index (χ3v) is 4.74. The number of hydrogen-bond donors (Lipinski definition) is 1. The number of carbonyl (C=O) groups is 2. The van der Waals surface area contributed by atoms with Gasteiger partial charge in [-0.1, -0.05) is 43.0 Å². The molecule has 0 spiro atoms. The molecule has 150 valence electrons. The number of anilines is 1. The standard InChI is InChI=1S/C20H22Cl2N2O4/c1-3-4-5-10-27-15-8-6-14(7-9-15)20(26)28-12-17(25)24-19-18(22)13(2)16(21)11-23-19/h6-9,11H,3-5,10,12H2,1-2H3,(H,23,24,25). The molecule has 0 saturated heterocycles. The van der Waals surface area contributed by atoms with E-state index in [1.807, 2.05) is 0 Å². The number of ether oxygens (including phenoxy) is 2. The first-order valence-electron chi connectivity index (χ1n) is 8.92. The minimum absolute atomic E-state index is 0.161. The molecule has 1 aromatic heterocycles. The molecule has 0 atom stereocenters. The molecular weight excluding hydrogens is 403 g/mol. The molecule has 2 aromatic rings. The smallest absolute Gasteiger partial charge is 0.338 e. The predicted molar refractivity (Wildman–Crippen MR) is 109 cm³/mol. The zero-order valence-electron chi connectivity index (χ0n) is 15.8. The molecule has 1 heterocycles. The summed E-state index contributed by atoms with van der Waals surface area (Å²) >= 11 is 12.0. The second kappa shape index (κ2) is 10.9. The average molecular weight is 425 g/mol. The Morgan fingerprint density at radius 3 is 2.54 bits per heavy atom. The van der Waals surface area contributed by atoms with Crippen molar-refractivity contribution in [3.05, 3.63) is 51.6 Å². The van der Waals surface area contributed by atoms with Gasteiger partial charge in [0.1, 0.15) is 5.75 Å². The summed E-state index contributed by atoms with van der Waals surface area (Å²) in [6.07, 6.45) is 4.61. The zero-order valence-corrected chi connectivity index (χ0v) is 17.3. The van der Waals surface area contributed by atoms with Crippen LogP contribution in [-0.2, 0) is 9.53 Å². The minimum Gasteiger partial charge on any atom is -0.494 e. The maximum atomic E-state index is 12.1. The molecule has 28 heavy (non-hydrogen) atoms. The quantitative estimate of drug-likeness (QED) is 0.449. The first kappa shape index (κ1) is 22.0. The summed E-state index contributed by atoms with van der Waals surface area (Å²) in [7, 11) is 0. The van der Waals surface area contributed by atoms with Crippen molar-refractivity contribution in [3.8, 4) is 5.75 Å². The van der Waals surface area contributed by atoms with Crippen LogP contribution in [0, 0.1) is 6.92 Å². The van der Waals surface area contributed by atoms with E-state index in [4.69, 9.17) is 32.7 Å². The second-order valence-corrected chi connectivity index (χ2v) is 6.88. The molecule has 0 unspecified atom stereocenters. The van der Waals surface area contributed by atoms with Crippen molar-refractivity contribution in [1.82, 2.24) is 4.98 Å². The monoisotopic (exact) mass is 424 g/mol. The van der Waals surface area contributed by atoms with Gasteiger partial charge in [0.25, 0.3) is 5.91 Å². The molecule has 0 bridgehead atoms. The Kier molecular flexibility index (Phi) is 8.54. The van der Waals surface area contributed by atoms with Crippen LogP contribution in [0.25, 0.3) is 0 Å². The normalized spacial score (nSPS) is 10.4. The van der Waals surface area contributed by atoms with Crippen molar-refractivity contribution in [3.63, 3.8) is 0 Å². The second-order valence-electron chi connectivity index (χ2n) is 6.10. The van der Waals surface area contributed by atoms with Gasteiger partial charge < -0.3 is 14.8 Å². The molecule has 0 radical (unpaired) electrons. The van der Waals surface area contributed by atoms with Crippen LogP contribution >= 0.6 is 23.2 Å². The number of aromatic nitrogens is 1. The van der Waals surface area contributed by atoms with Gasteiger partial charge in [-0.05, 0) is 43.2 Å². The molecule has 1 aromatic carbocycles. The van der Waals surface area contributed by atoms with E-state index in [1.54, 1.807) is 31.2 Å². The van der Waals surface area contributed by atoms with Crippen LogP contribution < -0.4 is 10.1 Å². The number of amides is 1. The van der Waals surface area contributed by atoms with E-state index in [0.717, 1.165) is 19.3 Å². The number of esters is 1. The van der Waals surface area contributed by atoms with Crippen LogP contribution in [-0.4, -0.2) is 30.1 Å². The first-order chi connectivity index (χ1) is 13.4. The molecule has 6 nitrogen and oxygen atoms in total. The number of hydrogen-bond acceptors (Lipinski definition) is 5. The van der Waals surface area contributed by atoms with Gasteiger partial charge in [-0.3, -0.25) is 4.79 Å². The summed E-state index contributed by atoms with van der Waals surface area (Å²) in [5, 5.41) is 3.12. The van der Waals surface area contributed by atoms with Crippen LogP contribution in [0.2, 0.25) is 10.0 Å². The average Bonchev–Trinajstić information content (AvgIpc) is 2.70. The van der Waals surface area contributed by atoms with Crippen LogP contribution in [0.4, 0.5) is 5.82 Å². The highest BCUT2D eigenvalue weighted by Crippen LogP contribution is 2.28. The maximum Gasteiger partial charge on any atom is 0.338 e. The zero-order chi connectivity index (χ0) is 20.5. The fourth-order valence-electron chi connectivity index (χ4n) is 2.26. The van der Waals surface area contributed by atoms with Crippen molar-refractivity contribution in [2.75, 3.05) is 18.5 Å². The summed E-state index contributed by atoms with van der Waals surface area (Å²) in [4.78, 5) is 28.0. The van der Waals surface area contributed by atoms with E-state index in [9.17, 15) is 9.59 Å². The minimum atomic E-state index is -0.612. The summed E-state index contributed by atoms with van der Waals surface area (Å²) < 4.78 is 10.6. The molecule has 1 N–H and O–H groups in total. The highest BCUT2D eigenvalue weighted by atomic mass is 35.5. The summed E-state index contributed by atoms with van der Waals surface area (Å²) in [6, 6.07) is 6.58. The molecule has 0 fully saturated rings. The van der Waals surface area contributed by atoms with Gasteiger partial charge in [-0.15, -0.1) is 0 Å². The molecule has 1 amide bonds. The first-order valence-corrected chi connectivity index (χ1v) is 9.68. The Balaban J connectivity index is 1.83. The van der Waals surface area contributed by atoms with Crippen LogP contribution in [0.5, 0.6) is 5.75 Å². The van der Waals surface area contributed by atoms with Gasteiger partial charge >= 0.3 is 5.97 Å². The Labute approximate surface area is 174 Å². The van der Waals surface area contributed by atoms with Crippen LogP contribution in [0.15, 0.2) is 30.5 Å². The van der Waals surface area contributed by atoms with E-state index in [-0.39, 0.29) is 10.8 Å². The van der Waals surface area contributed by atoms with Gasteiger partial charge in [0.2, 0.25) is 0 Å². The number of benzene rings is 1. The van der Waals surface area contributed by atoms with Crippen molar-refractivity contribution < 1.29 is 19.1 Å². The van der Waals surface area contributed by atoms with E-state index >= 15 is 0 Å². The molecule has 0 saturated carbocycles. The summed E-state index contributed by atoms with van der Waals surface area (Å²) in [5.41, 5.74) is 0.926. The molecule has 0 aliphatic carbocycles. The number of pyridine rings is 1. The number of rotatable bonds is 9. The number of unbranched alkanes of at least 4 members (excludes halogenated alkanes) is 2. The summed E-state index contributed by atoms with van der Waals surface area (Å²) in [5.74, 6) is -0.321. The van der Waals surface area contributed by atoms with Crippen LogP contribution in [0.1, 0.15) is 42.1 Å². The van der Waals surface area contributed by atoms with Crippen LogP contribution in [0.3, 0.4) is 0 Å². The highest BCUT2D eigenvalue weighted by Gasteiger charge is 2.14. The lowest BCUT2D eigenvalue weighted by Gasteiger charge is -2.10. The van der Waals surface area contributed by atoms with Crippen molar-refractivity contribution in [1.29, 1.82) is 0 Å². The van der Waals surface area contributed by atoms with E-state index in [0.29, 0.717) is 28.5 Å². The Morgan fingerprint density at radius 2 is 1.86 bits per heavy atom. The van der Waals surface area contributed by atoms with E-state index < -0.39 is 18.5 Å². The molecule has 8 heteroatoms. The molecule has 0 aliphatic rings. The van der Waals surface area contributed by atoms with Gasteiger partial charge in [0.15, 0.2) is 12.4 Å². The Hall–Kier alpha value is -2.31. The van der Waals surface area contributed by atoms with Gasteiger partial charge in [-0.25, -0.2) is 9.78 Å². The SMILES string of the molecule is CCCCCOc1ccc(C(=O)OCC(=O)Nc2ncc(Cl)c(C)c2Cl)cc1. The predicted octanol–water partition coefficient (Wildman–Crippen LogP) is 5.06. The molecular formula is C20H22Cl2N2O4.